The normalized spacial score (nSPS) is 12.1. The number of nitrogens with zero attached hydrogens (tertiary/aromatic N) is 1. The lowest BCUT2D eigenvalue weighted by Gasteiger charge is -2.10. The van der Waals surface area contributed by atoms with Crippen molar-refractivity contribution in [1.29, 1.82) is 0 Å². The van der Waals surface area contributed by atoms with Crippen molar-refractivity contribution >= 4 is 0 Å². The third-order valence-corrected chi connectivity index (χ3v) is 1.89. The topological polar surface area (TPSA) is 22.0 Å². The van der Waals surface area contributed by atoms with Gasteiger partial charge in [0.15, 0.2) is 0 Å². The molecule has 0 radical (unpaired) electrons. The van der Waals surface area contributed by atoms with Gasteiger partial charge in [0.05, 0.1) is 5.56 Å². The van der Waals surface area contributed by atoms with Gasteiger partial charge in [0.1, 0.15) is 0 Å². The molecule has 0 fully saturated rings. The second-order valence-corrected chi connectivity index (χ2v) is 3.80. The lowest BCUT2D eigenvalue weighted by molar-refractivity contribution is -0.137. The Hall–Kier alpha value is -1.26. The molecule has 0 aliphatic heterocycles. The highest BCUT2D eigenvalue weighted by Crippen LogP contribution is 2.27. The van der Waals surface area contributed by atoms with Gasteiger partial charge in [-0.2, -0.15) is 13.2 Å². The summed E-state index contributed by atoms with van der Waals surface area (Å²) in [4.78, 5) is 11.3. The summed E-state index contributed by atoms with van der Waals surface area (Å²) in [5.41, 5.74) is -1.51. The van der Waals surface area contributed by atoms with Gasteiger partial charge in [-0.05, 0) is 12.0 Å². The molecule has 1 aromatic heterocycles. The lowest BCUT2D eigenvalue weighted by atomic mass is 10.2. The van der Waals surface area contributed by atoms with E-state index in [1.54, 1.807) is 0 Å². The van der Waals surface area contributed by atoms with E-state index in [-0.39, 0.29) is 5.92 Å². The van der Waals surface area contributed by atoms with E-state index in [2.05, 4.69) is 0 Å². The zero-order valence-electron chi connectivity index (χ0n) is 8.51. The fourth-order valence-corrected chi connectivity index (χ4v) is 1.23. The number of alkyl halides is 3. The molecule has 84 valence electrons. The second kappa shape index (κ2) is 4.08. The molecule has 15 heavy (non-hydrogen) atoms. The molecule has 2 nitrogen and oxygen atoms in total. The highest BCUT2D eigenvalue weighted by atomic mass is 19.4. The summed E-state index contributed by atoms with van der Waals surface area (Å²) < 4.78 is 37.9. The highest BCUT2D eigenvalue weighted by Gasteiger charge is 2.30. The van der Waals surface area contributed by atoms with E-state index in [0.29, 0.717) is 12.6 Å². The van der Waals surface area contributed by atoms with Crippen LogP contribution in [0.5, 0.6) is 0 Å². The first kappa shape index (κ1) is 11.8. The predicted octanol–water partition coefficient (Wildman–Crippen LogP) is 2.52. The zero-order chi connectivity index (χ0) is 11.6. The minimum absolute atomic E-state index is 0.222. The molecule has 0 atom stereocenters. The molecule has 0 unspecified atom stereocenters. The van der Waals surface area contributed by atoms with E-state index in [4.69, 9.17) is 0 Å². The van der Waals surface area contributed by atoms with Crippen LogP contribution < -0.4 is 5.56 Å². The summed E-state index contributed by atoms with van der Waals surface area (Å²) in [5, 5.41) is 0. The molecule has 0 bridgehead atoms. The van der Waals surface area contributed by atoms with E-state index < -0.39 is 17.3 Å². The van der Waals surface area contributed by atoms with Gasteiger partial charge in [-0.15, -0.1) is 0 Å². The van der Waals surface area contributed by atoms with Crippen LogP contribution in [0.15, 0.2) is 23.1 Å². The molecule has 0 aromatic carbocycles. The van der Waals surface area contributed by atoms with Crippen LogP contribution in [0.2, 0.25) is 0 Å². The lowest BCUT2D eigenvalue weighted by Crippen LogP contribution is -2.23. The average Bonchev–Trinajstić information content (AvgIpc) is 2.05. The Morgan fingerprint density at radius 3 is 2.40 bits per heavy atom. The minimum Gasteiger partial charge on any atom is -0.315 e. The molecule has 0 amide bonds. The number of rotatable bonds is 2. The standard InChI is InChI=1S/C10H12F3NO/c1-7(2)6-14-4-3-8(5-9(14)15)10(11,12)13/h3-5,7H,6H2,1-2H3. The van der Waals surface area contributed by atoms with Crippen molar-refractivity contribution in [2.24, 2.45) is 5.92 Å². The third kappa shape index (κ3) is 3.11. The molecule has 0 saturated carbocycles. The van der Waals surface area contributed by atoms with Crippen LogP contribution in [-0.2, 0) is 12.7 Å². The van der Waals surface area contributed by atoms with Crippen LogP contribution in [0.25, 0.3) is 0 Å². The average molecular weight is 219 g/mol. The number of halogens is 3. The van der Waals surface area contributed by atoms with E-state index in [1.807, 2.05) is 13.8 Å². The maximum atomic E-state index is 12.2. The van der Waals surface area contributed by atoms with Crippen LogP contribution in [0.1, 0.15) is 19.4 Å². The Labute approximate surface area is 85.3 Å². The minimum atomic E-state index is -4.45. The molecule has 1 rings (SSSR count). The predicted molar refractivity (Wildman–Crippen MR) is 50.5 cm³/mol. The van der Waals surface area contributed by atoms with Gasteiger partial charge >= 0.3 is 6.18 Å². The Morgan fingerprint density at radius 2 is 2.00 bits per heavy atom. The molecular weight excluding hydrogens is 207 g/mol. The van der Waals surface area contributed by atoms with Gasteiger partial charge in [-0.1, -0.05) is 13.8 Å². The smallest absolute Gasteiger partial charge is 0.315 e. The fourth-order valence-electron chi connectivity index (χ4n) is 1.23. The monoisotopic (exact) mass is 219 g/mol. The number of pyridine rings is 1. The maximum Gasteiger partial charge on any atom is 0.416 e. The summed E-state index contributed by atoms with van der Waals surface area (Å²) >= 11 is 0. The van der Waals surface area contributed by atoms with E-state index in [1.165, 1.54) is 10.8 Å². The first-order valence-corrected chi connectivity index (χ1v) is 4.58. The van der Waals surface area contributed by atoms with E-state index in [9.17, 15) is 18.0 Å². The summed E-state index contributed by atoms with van der Waals surface area (Å²) in [6.07, 6.45) is -3.26. The summed E-state index contributed by atoms with van der Waals surface area (Å²) in [5.74, 6) is 0.222. The molecule has 1 aromatic rings. The molecule has 0 saturated heterocycles. The van der Waals surface area contributed by atoms with Gasteiger partial charge in [0.2, 0.25) is 0 Å². The SMILES string of the molecule is CC(C)Cn1ccc(C(F)(F)F)cc1=O. The third-order valence-electron chi connectivity index (χ3n) is 1.89. The number of hydrogen-bond acceptors (Lipinski definition) is 1. The van der Waals surface area contributed by atoms with Crippen LogP contribution in [0, 0.1) is 5.92 Å². The van der Waals surface area contributed by atoms with Crippen molar-refractivity contribution in [3.05, 3.63) is 34.2 Å². The zero-order valence-corrected chi connectivity index (χ0v) is 8.51. The van der Waals surface area contributed by atoms with Crippen LogP contribution in [0.3, 0.4) is 0 Å². The van der Waals surface area contributed by atoms with Crippen molar-refractivity contribution < 1.29 is 13.2 Å². The Balaban J connectivity index is 3.04. The number of hydrogen-bond donors (Lipinski definition) is 0. The van der Waals surface area contributed by atoms with Gasteiger partial charge in [0, 0.05) is 18.8 Å². The van der Waals surface area contributed by atoms with E-state index in [0.717, 1.165) is 6.07 Å². The fraction of sp³-hybridized carbons (Fsp3) is 0.500. The second-order valence-electron chi connectivity index (χ2n) is 3.80. The highest BCUT2D eigenvalue weighted by molar-refractivity contribution is 5.14. The van der Waals surface area contributed by atoms with E-state index >= 15 is 0 Å². The van der Waals surface area contributed by atoms with Gasteiger partial charge in [-0.3, -0.25) is 4.79 Å². The largest absolute Gasteiger partial charge is 0.416 e. The van der Waals surface area contributed by atoms with Gasteiger partial charge in [0.25, 0.3) is 5.56 Å². The van der Waals surface area contributed by atoms with Crippen LogP contribution in [0.4, 0.5) is 13.2 Å². The molecule has 5 heteroatoms. The Kier molecular flexibility index (Phi) is 3.21. The summed E-state index contributed by atoms with van der Waals surface area (Å²) in [6, 6.07) is 1.55. The number of aromatic nitrogens is 1. The van der Waals surface area contributed by atoms with Crippen LogP contribution >= 0.6 is 0 Å². The first-order valence-electron chi connectivity index (χ1n) is 4.58. The molecule has 0 aliphatic carbocycles. The first-order chi connectivity index (χ1) is 6.80. The van der Waals surface area contributed by atoms with Crippen molar-refractivity contribution in [2.75, 3.05) is 0 Å². The van der Waals surface area contributed by atoms with Crippen molar-refractivity contribution in [3.8, 4) is 0 Å². The van der Waals surface area contributed by atoms with Crippen molar-refractivity contribution in [1.82, 2.24) is 4.57 Å². The molecule has 0 aliphatic rings. The quantitative estimate of drug-likeness (QED) is 0.749. The summed E-state index contributed by atoms with van der Waals surface area (Å²) in [7, 11) is 0. The van der Waals surface area contributed by atoms with Crippen molar-refractivity contribution in [3.63, 3.8) is 0 Å². The maximum absolute atomic E-state index is 12.2. The Morgan fingerprint density at radius 1 is 1.40 bits per heavy atom. The van der Waals surface area contributed by atoms with Crippen LogP contribution in [-0.4, -0.2) is 4.57 Å². The van der Waals surface area contributed by atoms with Gasteiger partial charge in [-0.25, -0.2) is 0 Å². The molecule has 1 heterocycles. The van der Waals surface area contributed by atoms with Gasteiger partial charge < -0.3 is 4.57 Å². The molecular formula is C10H12F3NO. The molecule has 0 spiro atoms. The molecule has 0 N–H and O–H groups in total. The Bertz CT molecular complexity index is 392. The summed E-state index contributed by atoms with van der Waals surface area (Å²) in [6.45, 7) is 4.21. The van der Waals surface area contributed by atoms with Crippen molar-refractivity contribution in [2.45, 2.75) is 26.6 Å².